The van der Waals surface area contributed by atoms with Crippen LogP contribution in [-0.4, -0.2) is 17.0 Å². The first-order valence-corrected chi connectivity index (χ1v) is 3.59. The Labute approximate surface area is 71.7 Å². The van der Waals surface area contributed by atoms with Crippen LogP contribution < -0.4 is 5.73 Å². The maximum absolute atomic E-state index is 10.2. The van der Waals surface area contributed by atoms with Crippen LogP contribution in [0.4, 0.5) is 0 Å². The first kappa shape index (κ1) is 10.7. The molecule has 0 aromatic rings. The summed E-state index contributed by atoms with van der Waals surface area (Å²) in [5.74, 6) is 0. The van der Waals surface area contributed by atoms with E-state index in [0.717, 1.165) is 12.8 Å². The average molecular weight is 181 g/mol. The fourth-order valence-corrected chi connectivity index (χ4v) is 1.31. The summed E-state index contributed by atoms with van der Waals surface area (Å²) in [6.45, 7) is 0. The quantitative estimate of drug-likeness (QED) is 0.483. The molecule has 0 amide bonds. The monoisotopic (exact) mass is 180 g/mol. The van der Waals surface area contributed by atoms with Gasteiger partial charge >= 0.3 is 0 Å². The molecule has 1 aliphatic rings. The maximum Gasteiger partial charge on any atom is 0.213 e. The third-order valence-electron chi connectivity index (χ3n) is 2.04. The van der Waals surface area contributed by atoms with Gasteiger partial charge in [0.15, 0.2) is 0 Å². The number of nitro groups is 1. The van der Waals surface area contributed by atoms with E-state index < -0.39 is 0 Å². The number of nitrogens with zero attached hydrogens (tertiary/aromatic N) is 1. The molecule has 0 saturated heterocycles. The lowest BCUT2D eigenvalue weighted by molar-refractivity contribution is -0.526. The molecule has 0 aromatic carbocycles. The highest BCUT2D eigenvalue weighted by molar-refractivity contribution is 5.85. The van der Waals surface area contributed by atoms with Gasteiger partial charge in [-0.15, -0.1) is 12.4 Å². The second kappa shape index (κ2) is 4.51. The Hall–Kier alpha value is -0.350. The zero-order valence-electron chi connectivity index (χ0n) is 6.23. The molecule has 11 heavy (non-hydrogen) atoms. The average Bonchev–Trinajstić information content (AvgIpc) is 1.88. The molecular weight excluding hydrogens is 168 g/mol. The molecule has 0 heterocycles. The summed E-state index contributed by atoms with van der Waals surface area (Å²) in [6, 6.07) is -0.115. The van der Waals surface area contributed by atoms with Gasteiger partial charge in [0.05, 0.1) is 0 Å². The zero-order chi connectivity index (χ0) is 7.56. The number of hydrogen-bond acceptors (Lipinski definition) is 3. The van der Waals surface area contributed by atoms with Crippen molar-refractivity contribution in [3.8, 4) is 0 Å². The predicted octanol–water partition coefficient (Wildman–Crippen LogP) is 0.955. The number of rotatable bonds is 1. The van der Waals surface area contributed by atoms with Crippen LogP contribution in [0.3, 0.4) is 0 Å². The van der Waals surface area contributed by atoms with Crippen molar-refractivity contribution in [2.45, 2.75) is 37.8 Å². The normalized spacial score (nSPS) is 30.6. The summed E-state index contributed by atoms with van der Waals surface area (Å²) < 4.78 is 0. The lowest BCUT2D eigenvalue weighted by atomic mass is 9.92. The molecule has 1 rings (SSSR count). The molecule has 1 fully saturated rings. The van der Waals surface area contributed by atoms with Crippen LogP contribution in [-0.2, 0) is 0 Å². The summed E-state index contributed by atoms with van der Waals surface area (Å²) in [5.41, 5.74) is 5.57. The number of halogens is 1. The van der Waals surface area contributed by atoms with Gasteiger partial charge in [0, 0.05) is 23.8 Å². The molecule has 66 valence electrons. The summed E-state index contributed by atoms with van der Waals surface area (Å²) in [5, 5.41) is 10.2. The molecule has 1 aliphatic carbocycles. The van der Waals surface area contributed by atoms with E-state index in [1.807, 2.05) is 0 Å². The van der Waals surface area contributed by atoms with Gasteiger partial charge < -0.3 is 5.73 Å². The third-order valence-corrected chi connectivity index (χ3v) is 2.04. The number of hydrogen-bond donors (Lipinski definition) is 1. The van der Waals surface area contributed by atoms with Crippen molar-refractivity contribution in [3.63, 3.8) is 0 Å². The van der Waals surface area contributed by atoms with E-state index in [2.05, 4.69) is 0 Å². The largest absolute Gasteiger partial charge is 0.328 e. The van der Waals surface area contributed by atoms with Crippen LogP contribution in [0.1, 0.15) is 25.7 Å². The molecule has 0 aromatic heterocycles. The molecular formula is C6H13ClN2O2. The number of nitrogens with two attached hydrogens (primary N) is 1. The first-order valence-electron chi connectivity index (χ1n) is 3.59. The van der Waals surface area contributed by atoms with Gasteiger partial charge in [-0.3, -0.25) is 10.1 Å². The molecule has 5 heteroatoms. The van der Waals surface area contributed by atoms with E-state index in [0.29, 0.717) is 12.8 Å². The molecule has 2 N–H and O–H groups in total. The molecule has 0 atom stereocenters. The Balaban J connectivity index is 0.000001000. The Morgan fingerprint density at radius 1 is 1.27 bits per heavy atom. The Morgan fingerprint density at radius 3 is 2.09 bits per heavy atom. The summed E-state index contributed by atoms with van der Waals surface area (Å²) >= 11 is 0. The fourth-order valence-electron chi connectivity index (χ4n) is 1.31. The summed E-state index contributed by atoms with van der Waals surface area (Å²) in [6.07, 6.45) is 2.94. The van der Waals surface area contributed by atoms with Crippen molar-refractivity contribution in [2.24, 2.45) is 5.73 Å². The molecule has 0 aliphatic heterocycles. The smallest absolute Gasteiger partial charge is 0.213 e. The Kier molecular flexibility index (Phi) is 4.37. The lowest BCUT2D eigenvalue weighted by Crippen LogP contribution is -2.32. The van der Waals surface area contributed by atoms with Gasteiger partial charge in [0.2, 0.25) is 6.04 Å². The zero-order valence-corrected chi connectivity index (χ0v) is 7.05. The van der Waals surface area contributed by atoms with E-state index >= 15 is 0 Å². The van der Waals surface area contributed by atoms with Gasteiger partial charge in [-0.25, -0.2) is 0 Å². The third kappa shape index (κ3) is 3.03. The van der Waals surface area contributed by atoms with Gasteiger partial charge in [0.1, 0.15) is 0 Å². The van der Waals surface area contributed by atoms with Crippen molar-refractivity contribution in [3.05, 3.63) is 10.1 Å². The highest BCUT2D eigenvalue weighted by Crippen LogP contribution is 2.18. The van der Waals surface area contributed by atoms with Crippen molar-refractivity contribution in [1.29, 1.82) is 0 Å². The van der Waals surface area contributed by atoms with E-state index in [-0.39, 0.29) is 29.4 Å². The standard InChI is InChI=1S/C6H12N2O2.ClH/c7-5-1-3-6(4-2-5)8(9)10;/h5-6H,1-4,7H2;1H. The topological polar surface area (TPSA) is 69.2 Å². The highest BCUT2D eigenvalue weighted by Gasteiger charge is 2.26. The highest BCUT2D eigenvalue weighted by atomic mass is 35.5. The van der Waals surface area contributed by atoms with Crippen LogP contribution in [0.15, 0.2) is 0 Å². The SMILES string of the molecule is Cl.NC1CCC([N+](=O)[O-])CC1. The molecule has 0 spiro atoms. The Bertz CT molecular complexity index is 135. The molecule has 0 unspecified atom stereocenters. The Morgan fingerprint density at radius 2 is 1.73 bits per heavy atom. The molecule has 4 nitrogen and oxygen atoms in total. The minimum absolute atomic E-state index is 0. The summed E-state index contributed by atoms with van der Waals surface area (Å²) in [4.78, 5) is 10.0. The van der Waals surface area contributed by atoms with Crippen LogP contribution in [0.5, 0.6) is 0 Å². The van der Waals surface area contributed by atoms with Crippen LogP contribution in [0.25, 0.3) is 0 Å². The van der Waals surface area contributed by atoms with E-state index in [1.165, 1.54) is 0 Å². The minimum Gasteiger partial charge on any atom is -0.328 e. The van der Waals surface area contributed by atoms with Crippen molar-refractivity contribution in [2.75, 3.05) is 0 Å². The van der Waals surface area contributed by atoms with E-state index in [4.69, 9.17) is 5.73 Å². The lowest BCUT2D eigenvalue weighted by Gasteiger charge is -2.19. The van der Waals surface area contributed by atoms with Gasteiger partial charge in [-0.1, -0.05) is 0 Å². The van der Waals surface area contributed by atoms with Gasteiger partial charge in [0.25, 0.3) is 0 Å². The van der Waals surface area contributed by atoms with Gasteiger partial charge in [-0.05, 0) is 12.8 Å². The van der Waals surface area contributed by atoms with Crippen molar-refractivity contribution < 1.29 is 4.92 Å². The second-order valence-corrected chi connectivity index (χ2v) is 2.85. The predicted molar refractivity (Wildman–Crippen MR) is 44.5 cm³/mol. The minimum atomic E-state index is -0.320. The summed E-state index contributed by atoms with van der Waals surface area (Å²) in [7, 11) is 0. The van der Waals surface area contributed by atoms with Crippen LogP contribution >= 0.6 is 12.4 Å². The molecule has 0 bridgehead atoms. The van der Waals surface area contributed by atoms with E-state index in [9.17, 15) is 10.1 Å². The van der Waals surface area contributed by atoms with E-state index in [1.54, 1.807) is 0 Å². The van der Waals surface area contributed by atoms with Crippen LogP contribution in [0.2, 0.25) is 0 Å². The molecule has 1 saturated carbocycles. The fraction of sp³-hybridized carbons (Fsp3) is 1.00. The molecule has 0 radical (unpaired) electrons. The first-order chi connectivity index (χ1) is 4.70. The van der Waals surface area contributed by atoms with Crippen LogP contribution in [0, 0.1) is 10.1 Å². The maximum atomic E-state index is 10.2. The van der Waals surface area contributed by atoms with Crippen molar-refractivity contribution >= 4 is 12.4 Å². The van der Waals surface area contributed by atoms with Crippen molar-refractivity contribution in [1.82, 2.24) is 0 Å². The van der Waals surface area contributed by atoms with Gasteiger partial charge in [-0.2, -0.15) is 0 Å². The second-order valence-electron chi connectivity index (χ2n) is 2.85.